The fraction of sp³-hybridized carbons (Fsp3) is 0.857. The molecule has 0 radical (unpaired) electrons. The standard InChI is InChI=1S/C14H24N2O4/c1-15-7-4-3-6-14(13(15)18)11-16(8-10-20-14)12(17)5-9-19-2/h3-11H2,1-2H3. The molecular formula is C14H24N2O4. The average molecular weight is 284 g/mol. The minimum atomic E-state index is -0.827. The zero-order valence-electron chi connectivity index (χ0n) is 12.4. The number of amides is 2. The number of nitrogens with zero attached hydrogens (tertiary/aromatic N) is 2. The van der Waals surface area contributed by atoms with Crippen LogP contribution < -0.4 is 0 Å². The molecule has 1 atom stereocenters. The van der Waals surface area contributed by atoms with E-state index in [0.717, 1.165) is 19.4 Å². The van der Waals surface area contributed by atoms with Gasteiger partial charge in [-0.2, -0.15) is 0 Å². The highest BCUT2D eigenvalue weighted by Crippen LogP contribution is 2.29. The molecule has 1 spiro atoms. The number of likely N-dealkylation sites (tertiary alicyclic amines) is 1. The summed E-state index contributed by atoms with van der Waals surface area (Å²) < 4.78 is 10.8. The van der Waals surface area contributed by atoms with Crippen molar-refractivity contribution in [2.75, 3.05) is 47.0 Å². The van der Waals surface area contributed by atoms with Crippen LogP contribution >= 0.6 is 0 Å². The van der Waals surface area contributed by atoms with Gasteiger partial charge in [0, 0.05) is 27.2 Å². The molecule has 0 aromatic rings. The van der Waals surface area contributed by atoms with Crippen LogP contribution in [0.1, 0.15) is 25.7 Å². The van der Waals surface area contributed by atoms with Crippen molar-refractivity contribution in [1.82, 2.24) is 9.80 Å². The molecule has 0 N–H and O–H groups in total. The molecule has 2 aliphatic heterocycles. The number of hydrogen-bond donors (Lipinski definition) is 0. The van der Waals surface area contributed by atoms with Crippen molar-refractivity contribution < 1.29 is 19.1 Å². The van der Waals surface area contributed by atoms with Gasteiger partial charge in [0.05, 0.1) is 26.2 Å². The van der Waals surface area contributed by atoms with E-state index in [-0.39, 0.29) is 11.8 Å². The summed E-state index contributed by atoms with van der Waals surface area (Å²) in [6.07, 6.45) is 3.00. The van der Waals surface area contributed by atoms with E-state index in [1.165, 1.54) is 0 Å². The first-order chi connectivity index (χ1) is 9.59. The normalized spacial score (nSPS) is 27.8. The van der Waals surface area contributed by atoms with Crippen LogP contribution in [0.4, 0.5) is 0 Å². The third-order valence-corrected chi connectivity index (χ3v) is 4.12. The van der Waals surface area contributed by atoms with Crippen molar-refractivity contribution in [2.24, 2.45) is 0 Å². The van der Waals surface area contributed by atoms with Crippen LogP contribution in [0.5, 0.6) is 0 Å². The Bertz CT molecular complexity index is 374. The number of rotatable bonds is 3. The molecule has 2 rings (SSSR count). The van der Waals surface area contributed by atoms with Gasteiger partial charge in [0.2, 0.25) is 5.91 Å². The van der Waals surface area contributed by atoms with E-state index in [0.29, 0.717) is 39.1 Å². The Labute approximate surface area is 120 Å². The summed E-state index contributed by atoms with van der Waals surface area (Å²) in [5, 5.41) is 0. The summed E-state index contributed by atoms with van der Waals surface area (Å²) in [7, 11) is 3.39. The van der Waals surface area contributed by atoms with E-state index >= 15 is 0 Å². The largest absolute Gasteiger partial charge is 0.384 e. The third-order valence-electron chi connectivity index (χ3n) is 4.12. The first kappa shape index (κ1) is 15.3. The lowest BCUT2D eigenvalue weighted by Crippen LogP contribution is -2.60. The van der Waals surface area contributed by atoms with Gasteiger partial charge in [-0.1, -0.05) is 0 Å². The number of ether oxygens (including phenoxy) is 2. The van der Waals surface area contributed by atoms with Crippen LogP contribution in [-0.4, -0.2) is 74.2 Å². The molecule has 2 saturated heterocycles. The van der Waals surface area contributed by atoms with E-state index in [4.69, 9.17) is 9.47 Å². The molecule has 0 bridgehead atoms. The van der Waals surface area contributed by atoms with Crippen LogP contribution in [0.2, 0.25) is 0 Å². The van der Waals surface area contributed by atoms with Crippen LogP contribution in [0.15, 0.2) is 0 Å². The Kier molecular flexibility index (Phi) is 4.99. The molecule has 6 nitrogen and oxygen atoms in total. The van der Waals surface area contributed by atoms with Gasteiger partial charge in [-0.15, -0.1) is 0 Å². The lowest BCUT2D eigenvalue weighted by Gasteiger charge is -2.42. The van der Waals surface area contributed by atoms with Gasteiger partial charge in [0.25, 0.3) is 5.91 Å². The van der Waals surface area contributed by atoms with Crippen molar-refractivity contribution in [1.29, 1.82) is 0 Å². The second-order valence-electron chi connectivity index (χ2n) is 5.58. The van der Waals surface area contributed by atoms with Crippen LogP contribution in [0, 0.1) is 0 Å². The fourth-order valence-corrected chi connectivity index (χ4v) is 2.94. The van der Waals surface area contributed by atoms with Gasteiger partial charge < -0.3 is 19.3 Å². The Morgan fingerprint density at radius 3 is 2.95 bits per heavy atom. The predicted octanol–water partition coefficient (Wildman–Crippen LogP) is 0.263. The van der Waals surface area contributed by atoms with E-state index in [1.807, 2.05) is 7.05 Å². The molecular weight excluding hydrogens is 260 g/mol. The Morgan fingerprint density at radius 1 is 1.40 bits per heavy atom. The second-order valence-corrected chi connectivity index (χ2v) is 5.58. The fourth-order valence-electron chi connectivity index (χ4n) is 2.94. The first-order valence-electron chi connectivity index (χ1n) is 7.25. The summed E-state index contributed by atoms with van der Waals surface area (Å²) in [6.45, 7) is 2.54. The van der Waals surface area contributed by atoms with Crippen molar-refractivity contribution in [3.05, 3.63) is 0 Å². The van der Waals surface area contributed by atoms with Crippen molar-refractivity contribution in [3.8, 4) is 0 Å². The molecule has 114 valence electrons. The topological polar surface area (TPSA) is 59.1 Å². The molecule has 2 heterocycles. The Morgan fingerprint density at radius 2 is 2.20 bits per heavy atom. The highest BCUT2D eigenvalue weighted by atomic mass is 16.5. The maximum atomic E-state index is 12.5. The SMILES string of the molecule is COCCC(=O)N1CCOC2(CCCCN(C)C2=O)C1. The molecule has 2 amide bonds. The van der Waals surface area contributed by atoms with E-state index in [9.17, 15) is 9.59 Å². The Hall–Kier alpha value is -1.14. The number of carbonyl (C=O) groups excluding carboxylic acids is 2. The lowest BCUT2D eigenvalue weighted by molar-refractivity contribution is -0.173. The Balaban J connectivity index is 2.07. The molecule has 0 saturated carbocycles. The lowest BCUT2D eigenvalue weighted by atomic mass is 9.94. The monoisotopic (exact) mass is 284 g/mol. The summed E-state index contributed by atoms with van der Waals surface area (Å²) >= 11 is 0. The molecule has 2 fully saturated rings. The smallest absolute Gasteiger partial charge is 0.256 e. The van der Waals surface area contributed by atoms with Gasteiger partial charge in [0.15, 0.2) is 5.60 Å². The molecule has 6 heteroatoms. The summed E-state index contributed by atoms with van der Waals surface area (Å²) in [5.41, 5.74) is -0.827. The van der Waals surface area contributed by atoms with Crippen molar-refractivity contribution >= 4 is 11.8 Å². The third kappa shape index (κ3) is 3.12. The maximum absolute atomic E-state index is 12.5. The summed E-state index contributed by atoms with van der Waals surface area (Å²) in [5.74, 6) is 0.0495. The number of morpholine rings is 1. The van der Waals surface area contributed by atoms with Gasteiger partial charge in [-0.25, -0.2) is 0 Å². The number of methoxy groups -OCH3 is 1. The van der Waals surface area contributed by atoms with Gasteiger partial charge in [0.1, 0.15) is 0 Å². The highest BCUT2D eigenvalue weighted by molar-refractivity contribution is 5.87. The molecule has 20 heavy (non-hydrogen) atoms. The molecule has 1 unspecified atom stereocenters. The maximum Gasteiger partial charge on any atom is 0.256 e. The number of carbonyl (C=O) groups is 2. The van der Waals surface area contributed by atoms with Crippen LogP contribution in [0.3, 0.4) is 0 Å². The predicted molar refractivity (Wildman–Crippen MR) is 73.2 cm³/mol. The highest BCUT2D eigenvalue weighted by Gasteiger charge is 2.46. The van der Waals surface area contributed by atoms with Crippen molar-refractivity contribution in [3.63, 3.8) is 0 Å². The number of hydrogen-bond acceptors (Lipinski definition) is 4. The summed E-state index contributed by atoms with van der Waals surface area (Å²) in [6, 6.07) is 0. The van der Waals surface area contributed by atoms with E-state index in [1.54, 1.807) is 16.9 Å². The van der Waals surface area contributed by atoms with Gasteiger partial charge in [-0.3, -0.25) is 9.59 Å². The zero-order chi connectivity index (χ0) is 14.6. The minimum Gasteiger partial charge on any atom is -0.384 e. The minimum absolute atomic E-state index is 0.0132. The van der Waals surface area contributed by atoms with Gasteiger partial charge in [-0.05, 0) is 19.3 Å². The van der Waals surface area contributed by atoms with Crippen LogP contribution in [-0.2, 0) is 19.1 Å². The molecule has 2 aliphatic rings. The van der Waals surface area contributed by atoms with Gasteiger partial charge >= 0.3 is 0 Å². The molecule has 0 aliphatic carbocycles. The van der Waals surface area contributed by atoms with E-state index < -0.39 is 5.60 Å². The second kappa shape index (κ2) is 6.54. The molecule has 0 aromatic carbocycles. The van der Waals surface area contributed by atoms with E-state index in [2.05, 4.69) is 0 Å². The first-order valence-corrected chi connectivity index (χ1v) is 7.25. The average Bonchev–Trinajstić information content (AvgIpc) is 2.59. The zero-order valence-corrected chi connectivity index (χ0v) is 12.4. The van der Waals surface area contributed by atoms with Crippen LogP contribution in [0.25, 0.3) is 0 Å². The number of likely N-dealkylation sites (N-methyl/N-ethyl adjacent to an activating group) is 1. The quantitative estimate of drug-likeness (QED) is 0.746. The summed E-state index contributed by atoms with van der Waals surface area (Å²) in [4.78, 5) is 28.1. The van der Waals surface area contributed by atoms with Crippen molar-refractivity contribution in [2.45, 2.75) is 31.3 Å². The molecule has 0 aromatic heterocycles.